The molecule has 2 N–H and O–H groups in total. The number of ether oxygens (including phenoxy) is 1. The molecule has 0 saturated carbocycles. The second-order valence-electron chi connectivity index (χ2n) is 10.8. The number of methoxy groups -OCH3 is 1. The van der Waals surface area contributed by atoms with E-state index in [1.54, 1.807) is 11.8 Å². The summed E-state index contributed by atoms with van der Waals surface area (Å²) in [7, 11) is 1.62. The highest BCUT2D eigenvalue weighted by molar-refractivity contribution is 5.97. The molecule has 0 aliphatic carbocycles. The highest BCUT2D eigenvalue weighted by atomic mass is 16.5. The third-order valence-electron chi connectivity index (χ3n) is 5.89. The zero-order chi connectivity index (χ0) is 27.3. The predicted molar refractivity (Wildman–Crippen MR) is 149 cm³/mol. The summed E-state index contributed by atoms with van der Waals surface area (Å²) in [5.41, 5.74) is 4.24. The van der Waals surface area contributed by atoms with Gasteiger partial charge in [-0.05, 0) is 55.7 Å². The van der Waals surface area contributed by atoms with Gasteiger partial charge in [-0.25, -0.2) is 9.48 Å². The molecule has 0 fully saturated rings. The Labute approximate surface area is 220 Å². The molecule has 0 atom stereocenters. The molecule has 0 saturated heterocycles. The zero-order valence-electron chi connectivity index (χ0n) is 23.2. The molecular weight excluding hydrogens is 466 g/mol. The number of carbonyl (C=O) groups is 2. The van der Waals surface area contributed by atoms with Crippen LogP contribution < -0.4 is 15.4 Å². The van der Waals surface area contributed by atoms with Crippen molar-refractivity contribution in [3.05, 3.63) is 65.4 Å². The molecule has 0 aliphatic rings. The standard InChI is InChI=1S/C29H39N5O3/c1-19(2)17-33(28(36)30-24-14-9-20(3)15-21(24)4)18-27(35)31-26-16-25(29(5,6)7)32-34(26)22-10-12-23(37-8)13-11-22/h9-16,19H,17-18H2,1-8H3,(H,30,36)(H,31,35). The summed E-state index contributed by atoms with van der Waals surface area (Å²) >= 11 is 0. The number of anilines is 2. The SMILES string of the molecule is COc1ccc(-n2nc(C(C)(C)C)cc2NC(=O)CN(CC(C)C)C(=O)Nc2ccc(C)cc2C)cc1. The number of urea groups is 1. The van der Waals surface area contributed by atoms with Gasteiger partial charge in [-0.2, -0.15) is 5.10 Å². The third-order valence-corrected chi connectivity index (χ3v) is 5.89. The Kier molecular flexibility index (Phi) is 8.63. The minimum absolute atomic E-state index is 0.0897. The van der Waals surface area contributed by atoms with Crippen LogP contribution in [0.15, 0.2) is 48.5 Å². The van der Waals surface area contributed by atoms with Gasteiger partial charge in [0.25, 0.3) is 0 Å². The van der Waals surface area contributed by atoms with E-state index in [2.05, 4.69) is 31.4 Å². The van der Waals surface area contributed by atoms with Crippen molar-refractivity contribution in [1.82, 2.24) is 14.7 Å². The van der Waals surface area contributed by atoms with E-state index in [0.717, 1.165) is 33.9 Å². The van der Waals surface area contributed by atoms with Gasteiger partial charge in [-0.1, -0.05) is 52.3 Å². The fraction of sp³-hybridized carbons (Fsp3) is 0.414. The minimum Gasteiger partial charge on any atom is -0.497 e. The predicted octanol–water partition coefficient (Wildman–Crippen LogP) is 5.92. The van der Waals surface area contributed by atoms with Crippen molar-refractivity contribution < 1.29 is 14.3 Å². The van der Waals surface area contributed by atoms with Crippen molar-refractivity contribution in [3.8, 4) is 11.4 Å². The van der Waals surface area contributed by atoms with Crippen LogP contribution in [0.2, 0.25) is 0 Å². The lowest BCUT2D eigenvalue weighted by Gasteiger charge is -2.25. The molecule has 0 spiro atoms. The number of aromatic nitrogens is 2. The van der Waals surface area contributed by atoms with Crippen molar-refractivity contribution >= 4 is 23.4 Å². The number of hydrogen-bond donors (Lipinski definition) is 2. The van der Waals surface area contributed by atoms with Gasteiger partial charge < -0.3 is 20.3 Å². The molecule has 2 aromatic carbocycles. The Balaban J connectivity index is 1.83. The summed E-state index contributed by atoms with van der Waals surface area (Å²) in [5.74, 6) is 1.16. The minimum atomic E-state index is -0.310. The summed E-state index contributed by atoms with van der Waals surface area (Å²) in [6, 6.07) is 14.9. The van der Waals surface area contributed by atoms with Crippen LogP contribution in [0, 0.1) is 19.8 Å². The molecule has 0 unspecified atom stereocenters. The van der Waals surface area contributed by atoms with Crippen LogP contribution in [-0.2, 0) is 10.2 Å². The molecule has 3 rings (SSSR count). The number of benzene rings is 2. The van der Waals surface area contributed by atoms with E-state index in [1.807, 2.05) is 76.2 Å². The maximum absolute atomic E-state index is 13.2. The highest BCUT2D eigenvalue weighted by Gasteiger charge is 2.24. The van der Waals surface area contributed by atoms with Gasteiger partial charge in [-0.3, -0.25) is 4.79 Å². The number of nitrogens with one attached hydrogen (secondary N) is 2. The molecule has 198 valence electrons. The molecule has 0 bridgehead atoms. The fourth-order valence-corrected chi connectivity index (χ4v) is 3.92. The van der Waals surface area contributed by atoms with Gasteiger partial charge in [0.1, 0.15) is 18.1 Å². The molecule has 3 amide bonds. The Morgan fingerprint density at radius 1 is 1.03 bits per heavy atom. The Morgan fingerprint density at radius 2 is 1.70 bits per heavy atom. The first-order valence-electron chi connectivity index (χ1n) is 12.6. The Bertz CT molecular complexity index is 1240. The van der Waals surface area contributed by atoms with E-state index in [4.69, 9.17) is 9.84 Å². The lowest BCUT2D eigenvalue weighted by molar-refractivity contribution is -0.116. The summed E-state index contributed by atoms with van der Waals surface area (Å²) in [5, 5.41) is 10.7. The lowest BCUT2D eigenvalue weighted by Crippen LogP contribution is -2.42. The van der Waals surface area contributed by atoms with Crippen LogP contribution in [0.3, 0.4) is 0 Å². The van der Waals surface area contributed by atoms with Crippen LogP contribution in [0.25, 0.3) is 5.69 Å². The number of amides is 3. The second kappa shape index (κ2) is 11.5. The van der Waals surface area contributed by atoms with Gasteiger partial charge in [0.2, 0.25) is 5.91 Å². The summed E-state index contributed by atoms with van der Waals surface area (Å²) in [6.45, 7) is 14.6. The molecule has 0 radical (unpaired) electrons. The maximum atomic E-state index is 13.2. The largest absolute Gasteiger partial charge is 0.497 e. The molecule has 0 aliphatic heterocycles. The molecule has 8 heteroatoms. The van der Waals surface area contributed by atoms with Gasteiger partial charge in [0.05, 0.1) is 18.5 Å². The lowest BCUT2D eigenvalue weighted by atomic mass is 9.92. The zero-order valence-corrected chi connectivity index (χ0v) is 23.2. The average Bonchev–Trinajstić information content (AvgIpc) is 3.24. The Morgan fingerprint density at radius 3 is 2.27 bits per heavy atom. The van der Waals surface area contributed by atoms with Crippen molar-refractivity contribution in [2.24, 2.45) is 5.92 Å². The maximum Gasteiger partial charge on any atom is 0.322 e. The summed E-state index contributed by atoms with van der Waals surface area (Å²) in [4.78, 5) is 27.9. The second-order valence-corrected chi connectivity index (χ2v) is 10.8. The molecule has 8 nitrogen and oxygen atoms in total. The fourth-order valence-electron chi connectivity index (χ4n) is 3.92. The van der Waals surface area contributed by atoms with Crippen LogP contribution in [0.1, 0.15) is 51.4 Å². The summed E-state index contributed by atoms with van der Waals surface area (Å²) < 4.78 is 6.98. The van der Waals surface area contributed by atoms with Crippen molar-refractivity contribution in [1.29, 1.82) is 0 Å². The first-order chi connectivity index (χ1) is 17.4. The molecule has 37 heavy (non-hydrogen) atoms. The van der Waals surface area contributed by atoms with E-state index in [1.165, 1.54) is 4.90 Å². The van der Waals surface area contributed by atoms with E-state index in [0.29, 0.717) is 12.4 Å². The summed E-state index contributed by atoms with van der Waals surface area (Å²) in [6.07, 6.45) is 0. The normalized spacial score (nSPS) is 11.4. The van der Waals surface area contributed by atoms with Crippen LogP contribution in [0.5, 0.6) is 5.75 Å². The molecular formula is C29H39N5O3. The average molecular weight is 506 g/mol. The van der Waals surface area contributed by atoms with E-state index in [9.17, 15) is 9.59 Å². The van der Waals surface area contributed by atoms with Gasteiger partial charge in [0, 0.05) is 23.7 Å². The number of aryl methyl sites for hydroxylation is 2. The quantitative estimate of drug-likeness (QED) is 0.397. The monoisotopic (exact) mass is 505 g/mol. The van der Waals surface area contributed by atoms with Gasteiger partial charge >= 0.3 is 6.03 Å². The molecule has 1 aromatic heterocycles. The molecule has 1 heterocycles. The van der Waals surface area contributed by atoms with E-state index in [-0.39, 0.29) is 29.8 Å². The van der Waals surface area contributed by atoms with E-state index >= 15 is 0 Å². The smallest absolute Gasteiger partial charge is 0.322 e. The topological polar surface area (TPSA) is 88.5 Å². The van der Waals surface area contributed by atoms with Gasteiger partial charge in [-0.15, -0.1) is 0 Å². The first-order valence-corrected chi connectivity index (χ1v) is 12.6. The Hall–Kier alpha value is -3.81. The van der Waals surface area contributed by atoms with Crippen molar-refractivity contribution in [2.75, 3.05) is 30.8 Å². The molecule has 3 aromatic rings. The van der Waals surface area contributed by atoms with Crippen LogP contribution >= 0.6 is 0 Å². The first kappa shape index (κ1) is 27.8. The van der Waals surface area contributed by atoms with E-state index < -0.39 is 0 Å². The number of carbonyl (C=O) groups excluding carboxylic acids is 2. The number of nitrogens with zero attached hydrogens (tertiary/aromatic N) is 3. The van der Waals surface area contributed by atoms with Crippen molar-refractivity contribution in [2.45, 2.75) is 53.9 Å². The van der Waals surface area contributed by atoms with Crippen LogP contribution in [0.4, 0.5) is 16.3 Å². The number of rotatable bonds is 8. The third kappa shape index (κ3) is 7.35. The van der Waals surface area contributed by atoms with Crippen LogP contribution in [-0.4, -0.2) is 46.8 Å². The van der Waals surface area contributed by atoms with Crippen molar-refractivity contribution in [3.63, 3.8) is 0 Å². The number of hydrogen-bond acceptors (Lipinski definition) is 4. The highest BCUT2D eigenvalue weighted by Crippen LogP contribution is 2.27. The van der Waals surface area contributed by atoms with Gasteiger partial charge in [0.15, 0.2) is 0 Å².